The van der Waals surface area contributed by atoms with E-state index in [1.54, 1.807) is 0 Å². The Morgan fingerprint density at radius 2 is 1.89 bits per heavy atom. The minimum absolute atomic E-state index is 0. The van der Waals surface area contributed by atoms with E-state index in [9.17, 15) is 9.90 Å². The molecule has 1 aliphatic heterocycles. The van der Waals surface area contributed by atoms with Crippen LogP contribution >= 0.6 is 12.4 Å². The molecule has 0 aliphatic carbocycles. The number of amides is 1. The maximum atomic E-state index is 13.0. The number of nitrogens with zero attached hydrogens (tertiary/aromatic N) is 2. The molecule has 0 fully saturated rings. The van der Waals surface area contributed by atoms with Crippen LogP contribution in [0.5, 0.6) is 5.75 Å². The first-order chi connectivity index (χ1) is 17.2. The molecule has 0 unspecified atom stereocenters. The lowest BCUT2D eigenvalue weighted by molar-refractivity contribution is -0.116. The summed E-state index contributed by atoms with van der Waals surface area (Å²) in [5, 5.41) is 16.7. The molecule has 2 heterocycles. The minimum Gasteiger partial charge on any atom is -0.511 e. The van der Waals surface area contributed by atoms with Crippen molar-refractivity contribution in [1.29, 1.82) is 0 Å². The van der Waals surface area contributed by atoms with E-state index in [0.29, 0.717) is 45.2 Å². The number of ether oxygens (including phenoxy) is 2. The largest absolute Gasteiger partial charge is 0.511 e. The molecule has 3 aromatic rings. The van der Waals surface area contributed by atoms with Crippen molar-refractivity contribution in [2.45, 2.75) is 39.3 Å². The molecule has 0 spiro atoms. The number of unbranched alkanes of at least 4 members (excludes halogenated alkanes) is 1. The van der Waals surface area contributed by atoms with Gasteiger partial charge in [0.15, 0.2) is 0 Å². The molecule has 0 saturated heterocycles. The predicted octanol–water partition coefficient (Wildman–Crippen LogP) is 4.23. The van der Waals surface area contributed by atoms with Crippen molar-refractivity contribution in [3.63, 3.8) is 0 Å². The fourth-order valence-electron chi connectivity index (χ4n) is 4.06. The molecule has 0 saturated carbocycles. The summed E-state index contributed by atoms with van der Waals surface area (Å²) in [7, 11) is 0. The van der Waals surface area contributed by atoms with Crippen LogP contribution in [0.4, 0.5) is 0 Å². The van der Waals surface area contributed by atoms with Gasteiger partial charge in [-0.15, -0.1) is 12.4 Å². The Kier molecular flexibility index (Phi) is 10.6. The summed E-state index contributed by atoms with van der Waals surface area (Å²) in [6.45, 7) is 6.70. The van der Waals surface area contributed by atoms with Crippen LogP contribution in [0, 0.1) is 0 Å². The number of aliphatic hydroxyl groups is 1. The average Bonchev–Trinajstić information content (AvgIpc) is 3.25. The third-order valence-electron chi connectivity index (χ3n) is 5.97. The number of rotatable bonds is 13. The van der Waals surface area contributed by atoms with E-state index in [4.69, 9.17) is 9.47 Å². The van der Waals surface area contributed by atoms with Crippen LogP contribution < -0.4 is 15.4 Å². The number of aromatic nitrogens is 2. The van der Waals surface area contributed by atoms with E-state index in [1.807, 2.05) is 53.1 Å². The van der Waals surface area contributed by atoms with Gasteiger partial charge in [-0.25, -0.2) is 4.98 Å². The number of carbonyl (C=O) groups is 1. The zero-order valence-corrected chi connectivity index (χ0v) is 21.5. The van der Waals surface area contributed by atoms with Gasteiger partial charge in [-0.05, 0) is 42.8 Å². The lowest BCUT2D eigenvalue weighted by Crippen LogP contribution is -2.28. The normalized spacial score (nSPS) is 12.8. The van der Waals surface area contributed by atoms with Gasteiger partial charge >= 0.3 is 0 Å². The summed E-state index contributed by atoms with van der Waals surface area (Å²) in [4.78, 5) is 17.6. The van der Waals surface area contributed by atoms with Gasteiger partial charge in [0.1, 0.15) is 29.5 Å². The topological polar surface area (TPSA) is 97.6 Å². The van der Waals surface area contributed by atoms with Crippen molar-refractivity contribution in [2.24, 2.45) is 0 Å². The predicted molar refractivity (Wildman–Crippen MR) is 144 cm³/mol. The van der Waals surface area contributed by atoms with Crippen molar-refractivity contribution in [3.8, 4) is 5.75 Å². The molecule has 1 amide bonds. The molecule has 0 radical (unpaired) electrons. The Labute approximate surface area is 218 Å². The molecule has 9 heteroatoms. The number of aryl methyl sites for hydroxylation is 1. The molecule has 36 heavy (non-hydrogen) atoms. The van der Waals surface area contributed by atoms with E-state index in [2.05, 4.69) is 22.5 Å². The maximum Gasteiger partial charge on any atom is 0.258 e. The molecular formula is C27H35ClN4O4. The van der Waals surface area contributed by atoms with Crippen LogP contribution in [-0.2, 0) is 22.6 Å². The first kappa shape index (κ1) is 27.5. The fraction of sp³-hybridized carbons (Fsp3) is 0.407. The molecule has 3 N–H and O–H groups in total. The molecular weight excluding hydrogens is 480 g/mol. The second kappa shape index (κ2) is 13.9. The number of hydrogen-bond donors (Lipinski definition) is 3. The number of carbonyl (C=O) groups excluding carboxylic acids is 1. The van der Waals surface area contributed by atoms with E-state index in [-0.39, 0.29) is 29.6 Å². The molecule has 2 aromatic carbocycles. The van der Waals surface area contributed by atoms with E-state index < -0.39 is 0 Å². The summed E-state index contributed by atoms with van der Waals surface area (Å²) < 4.78 is 13.3. The number of para-hydroxylation sites is 2. The summed E-state index contributed by atoms with van der Waals surface area (Å²) in [6, 6.07) is 15.3. The summed E-state index contributed by atoms with van der Waals surface area (Å²) in [6.07, 6.45) is 2.78. The Hall–Kier alpha value is -3.07. The van der Waals surface area contributed by atoms with Gasteiger partial charge in [-0.1, -0.05) is 37.6 Å². The molecule has 194 valence electrons. The monoisotopic (exact) mass is 514 g/mol. The van der Waals surface area contributed by atoms with Crippen LogP contribution in [0.2, 0.25) is 0 Å². The summed E-state index contributed by atoms with van der Waals surface area (Å²) in [5.41, 5.74) is 2.95. The van der Waals surface area contributed by atoms with E-state index in [0.717, 1.165) is 35.4 Å². The Balaban J connectivity index is 0.00000361. The Morgan fingerprint density at radius 3 is 2.69 bits per heavy atom. The molecule has 4 rings (SSSR count). The summed E-state index contributed by atoms with van der Waals surface area (Å²) >= 11 is 0. The van der Waals surface area contributed by atoms with Crippen LogP contribution in [0.1, 0.15) is 37.6 Å². The smallest absolute Gasteiger partial charge is 0.258 e. The number of allylic oxidation sites excluding steroid dienone is 1. The Bertz CT molecular complexity index is 1160. The third-order valence-corrected chi connectivity index (χ3v) is 5.97. The van der Waals surface area contributed by atoms with E-state index in [1.165, 1.54) is 12.8 Å². The van der Waals surface area contributed by atoms with Crippen molar-refractivity contribution in [2.75, 3.05) is 32.9 Å². The molecule has 0 bridgehead atoms. The minimum atomic E-state index is -0.333. The standard InChI is InChI=1S/C27H34N4O4.ClH/c1-2-3-13-28-14-16-34-17-18-35-21-10-8-20(9-11-21)19-29-27(33)25-24(32)12-15-31-23-7-5-4-6-22(23)30-26(25)31;/h4-11,28,32H,2-3,12-19H2,1H3,(H,29,33);1H. The van der Waals surface area contributed by atoms with Gasteiger partial charge in [0.2, 0.25) is 0 Å². The zero-order valence-electron chi connectivity index (χ0n) is 20.7. The highest BCUT2D eigenvalue weighted by Gasteiger charge is 2.27. The van der Waals surface area contributed by atoms with E-state index >= 15 is 0 Å². The van der Waals surface area contributed by atoms with Crippen molar-refractivity contribution in [1.82, 2.24) is 20.2 Å². The Morgan fingerprint density at radius 1 is 1.08 bits per heavy atom. The van der Waals surface area contributed by atoms with Gasteiger partial charge in [0, 0.05) is 26.1 Å². The first-order valence-electron chi connectivity index (χ1n) is 12.3. The van der Waals surface area contributed by atoms with Crippen molar-refractivity contribution < 1.29 is 19.4 Å². The SMILES string of the molecule is CCCCNCCOCCOc1ccc(CNC(=O)C2=C(O)CCn3c2nc2ccccc23)cc1.Cl. The number of halogens is 1. The van der Waals surface area contributed by atoms with Crippen molar-refractivity contribution >= 4 is 34.9 Å². The second-order valence-corrected chi connectivity index (χ2v) is 8.54. The van der Waals surface area contributed by atoms with Gasteiger partial charge in [0.05, 0.1) is 24.2 Å². The zero-order chi connectivity index (χ0) is 24.5. The third kappa shape index (κ3) is 7.00. The van der Waals surface area contributed by atoms with Crippen LogP contribution in [-0.4, -0.2) is 53.5 Å². The van der Waals surface area contributed by atoms with Gasteiger partial charge in [-0.3, -0.25) is 4.79 Å². The summed E-state index contributed by atoms with van der Waals surface area (Å²) in [5.74, 6) is 1.01. The average molecular weight is 515 g/mol. The highest BCUT2D eigenvalue weighted by atomic mass is 35.5. The quantitative estimate of drug-likeness (QED) is 0.295. The van der Waals surface area contributed by atoms with Gasteiger partial charge < -0.3 is 29.8 Å². The number of aliphatic hydroxyl groups excluding tert-OH is 1. The lowest BCUT2D eigenvalue weighted by Gasteiger charge is -2.18. The van der Waals surface area contributed by atoms with Crippen molar-refractivity contribution in [3.05, 3.63) is 65.7 Å². The van der Waals surface area contributed by atoms with Crippen LogP contribution in [0.3, 0.4) is 0 Å². The highest BCUT2D eigenvalue weighted by Crippen LogP contribution is 2.29. The highest BCUT2D eigenvalue weighted by molar-refractivity contribution is 6.19. The number of fused-ring (bicyclic) bond motifs is 3. The molecule has 0 atom stereocenters. The molecule has 1 aromatic heterocycles. The number of benzene rings is 2. The second-order valence-electron chi connectivity index (χ2n) is 8.54. The van der Waals surface area contributed by atoms with Gasteiger partial charge in [-0.2, -0.15) is 0 Å². The first-order valence-corrected chi connectivity index (χ1v) is 12.3. The van der Waals surface area contributed by atoms with Crippen LogP contribution in [0.25, 0.3) is 16.6 Å². The van der Waals surface area contributed by atoms with Crippen LogP contribution in [0.15, 0.2) is 54.3 Å². The number of hydrogen-bond acceptors (Lipinski definition) is 6. The van der Waals surface area contributed by atoms with Gasteiger partial charge in [0.25, 0.3) is 5.91 Å². The molecule has 8 nitrogen and oxygen atoms in total. The number of imidazole rings is 1. The molecule has 1 aliphatic rings. The maximum absolute atomic E-state index is 13.0. The number of nitrogens with one attached hydrogen (secondary N) is 2. The lowest BCUT2D eigenvalue weighted by atomic mass is 10.1. The fourth-order valence-corrected chi connectivity index (χ4v) is 4.06.